The molecule has 0 aliphatic carbocycles. The van der Waals surface area contributed by atoms with Crippen LogP contribution in [-0.2, 0) is 0 Å². The average Bonchev–Trinajstić information content (AvgIpc) is 1.36. The molecule has 0 aromatic rings. The van der Waals surface area contributed by atoms with Crippen LogP contribution in [0.4, 0.5) is 0 Å². The molecule has 0 aliphatic rings. The van der Waals surface area contributed by atoms with Crippen molar-refractivity contribution in [2.45, 2.75) is 13.2 Å². The molecule has 37 valence electrons. The van der Waals surface area contributed by atoms with Gasteiger partial charge in [0.25, 0.3) is 0 Å². The van der Waals surface area contributed by atoms with Crippen molar-refractivity contribution in [1.29, 1.82) is 0 Å². The Morgan fingerprint density at radius 1 is 1.83 bits per heavy atom. The molecule has 1 atom stereocenters. The second-order valence-electron chi connectivity index (χ2n) is 1.09. The monoisotopic (exact) mass is 90.1 g/mol. The molecule has 3 heteroatoms. The minimum atomic E-state index is -1.18. The number of aliphatic hydroxyl groups is 2. The topological polar surface area (TPSA) is 66.5 Å². The molecule has 0 amide bonds. The molecule has 4 N–H and O–H groups in total. The molecule has 0 aliphatic heterocycles. The normalized spacial score (nSPS) is 15.5. The average molecular weight is 90.1 g/mol. The van der Waals surface area contributed by atoms with Gasteiger partial charge in [0.15, 0.2) is 0 Å². The third-order valence-electron chi connectivity index (χ3n) is 0.428. The smallest absolute Gasteiger partial charge is 0.134 e. The Bertz CT molecular complexity index is 29.8. The highest BCUT2D eigenvalue weighted by atomic mass is 16.3. The lowest BCUT2D eigenvalue weighted by Gasteiger charge is -2.02. The lowest BCUT2D eigenvalue weighted by atomic mass is 10.4. The van der Waals surface area contributed by atoms with Crippen molar-refractivity contribution in [1.82, 2.24) is 0 Å². The summed E-state index contributed by atoms with van der Waals surface area (Å²) in [5.74, 6) is 0. The van der Waals surface area contributed by atoms with E-state index in [-0.39, 0.29) is 6.10 Å². The van der Waals surface area contributed by atoms with Gasteiger partial charge in [-0.25, -0.2) is 0 Å². The van der Waals surface area contributed by atoms with E-state index in [9.17, 15) is 0 Å². The Kier molecular flexibility index (Phi) is 2.08. The predicted molar refractivity (Wildman–Crippen MR) is 21.0 cm³/mol. The fourth-order valence-corrected chi connectivity index (χ4v) is 0. The summed E-state index contributed by atoms with van der Waals surface area (Å²) in [6.45, 7) is 1.34. The largest absolute Gasteiger partial charge is 0.383 e. The van der Waals surface area contributed by atoms with Gasteiger partial charge in [-0.1, -0.05) is 0 Å². The van der Waals surface area contributed by atoms with Gasteiger partial charge in [-0.15, -0.1) is 0 Å². The summed E-state index contributed by atoms with van der Waals surface area (Å²) in [6.07, 6.45) is -1.33. The summed E-state index contributed by atoms with van der Waals surface area (Å²) in [6, 6.07) is 0. The highest BCUT2D eigenvalue weighted by Gasteiger charge is 2.01. The van der Waals surface area contributed by atoms with Gasteiger partial charge in [0.05, 0.1) is 0 Å². The molecule has 1 unspecified atom stereocenters. The van der Waals surface area contributed by atoms with Crippen molar-refractivity contribution >= 4 is 0 Å². The van der Waals surface area contributed by atoms with Gasteiger partial charge >= 0.3 is 0 Å². The van der Waals surface area contributed by atoms with Crippen LogP contribution in [0.5, 0.6) is 0 Å². The van der Waals surface area contributed by atoms with Gasteiger partial charge in [0.1, 0.15) is 12.3 Å². The molecule has 0 heterocycles. The first-order valence-corrected chi connectivity index (χ1v) is 1.60. The van der Waals surface area contributed by atoms with E-state index in [2.05, 4.69) is 0 Å². The fraction of sp³-hybridized carbons (Fsp3) is 0.667. The van der Waals surface area contributed by atoms with Crippen molar-refractivity contribution in [3.05, 3.63) is 6.10 Å². The van der Waals surface area contributed by atoms with Crippen LogP contribution in [0.25, 0.3) is 0 Å². The number of hydrogen-bond donors (Lipinski definition) is 3. The highest BCUT2D eigenvalue weighted by molar-refractivity contribution is 4.71. The SMILES string of the molecule is C[C](O)C(N)O. The Balaban J connectivity index is 2.99. The van der Waals surface area contributed by atoms with Crippen LogP contribution in [0.15, 0.2) is 0 Å². The molecule has 3 nitrogen and oxygen atoms in total. The zero-order valence-electron chi connectivity index (χ0n) is 3.55. The van der Waals surface area contributed by atoms with Crippen LogP contribution in [-0.4, -0.2) is 16.4 Å². The molecular weight excluding hydrogens is 82.0 g/mol. The van der Waals surface area contributed by atoms with Crippen LogP contribution in [0.2, 0.25) is 0 Å². The minimum absolute atomic E-state index is 0.157. The minimum Gasteiger partial charge on any atom is -0.383 e. The van der Waals surface area contributed by atoms with Crippen molar-refractivity contribution in [2.75, 3.05) is 0 Å². The molecule has 0 rings (SSSR count). The van der Waals surface area contributed by atoms with Crippen molar-refractivity contribution < 1.29 is 10.2 Å². The summed E-state index contributed by atoms with van der Waals surface area (Å²) >= 11 is 0. The second-order valence-corrected chi connectivity index (χ2v) is 1.09. The van der Waals surface area contributed by atoms with Gasteiger partial charge in [-0.05, 0) is 6.92 Å². The molecule has 0 saturated heterocycles. The standard InChI is InChI=1S/C3H8NO2/c1-2(5)3(4)6/h3,5-6H,4H2,1H3. The van der Waals surface area contributed by atoms with E-state index in [4.69, 9.17) is 15.9 Å². The summed E-state index contributed by atoms with van der Waals surface area (Å²) in [4.78, 5) is 0. The van der Waals surface area contributed by atoms with Crippen LogP contribution in [0.3, 0.4) is 0 Å². The second kappa shape index (κ2) is 2.12. The van der Waals surface area contributed by atoms with E-state index in [1.54, 1.807) is 0 Å². The maximum absolute atomic E-state index is 8.17. The third kappa shape index (κ3) is 2.14. The van der Waals surface area contributed by atoms with Gasteiger partial charge in [0, 0.05) is 0 Å². The van der Waals surface area contributed by atoms with E-state index >= 15 is 0 Å². The summed E-state index contributed by atoms with van der Waals surface area (Å²) in [5, 5.41) is 16.3. The van der Waals surface area contributed by atoms with Crippen molar-refractivity contribution in [2.24, 2.45) is 5.73 Å². The van der Waals surface area contributed by atoms with Crippen LogP contribution >= 0.6 is 0 Å². The van der Waals surface area contributed by atoms with E-state index < -0.39 is 6.23 Å². The highest BCUT2D eigenvalue weighted by Crippen LogP contribution is 1.89. The van der Waals surface area contributed by atoms with Crippen LogP contribution in [0.1, 0.15) is 6.92 Å². The molecule has 0 spiro atoms. The zero-order valence-corrected chi connectivity index (χ0v) is 3.55. The predicted octanol–water partition coefficient (Wildman–Crippen LogP) is -0.812. The first kappa shape index (κ1) is 5.88. The van der Waals surface area contributed by atoms with E-state index in [1.165, 1.54) is 6.92 Å². The maximum Gasteiger partial charge on any atom is 0.134 e. The van der Waals surface area contributed by atoms with Crippen molar-refractivity contribution in [3.8, 4) is 0 Å². The van der Waals surface area contributed by atoms with Crippen molar-refractivity contribution in [3.63, 3.8) is 0 Å². The fourth-order valence-electron chi connectivity index (χ4n) is 0. The third-order valence-corrected chi connectivity index (χ3v) is 0.428. The number of hydrogen-bond acceptors (Lipinski definition) is 3. The molecular formula is C3H8NO2. The number of nitrogens with two attached hydrogens (primary N) is 1. The van der Waals surface area contributed by atoms with Gasteiger partial charge in [-0.3, -0.25) is 0 Å². The maximum atomic E-state index is 8.17. The van der Waals surface area contributed by atoms with Crippen LogP contribution < -0.4 is 5.73 Å². The molecule has 1 radical (unpaired) electrons. The molecule has 6 heavy (non-hydrogen) atoms. The summed E-state index contributed by atoms with van der Waals surface area (Å²) in [5.41, 5.74) is 4.70. The van der Waals surface area contributed by atoms with E-state index in [0.717, 1.165) is 0 Å². The molecule has 0 aromatic carbocycles. The molecule has 0 fully saturated rings. The molecule has 0 bridgehead atoms. The molecule has 0 saturated carbocycles. The Labute approximate surface area is 36.4 Å². The lowest BCUT2D eigenvalue weighted by Crippen LogP contribution is -2.25. The lowest BCUT2D eigenvalue weighted by molar-refractivity contribution is 0.109. The summed E-state index contributed by atoms with van der Waals surface area (Å²) < 4.78 is 0. The first-order chi connectivity index (χ1) is 2.64. The van der Waals surface area contributed by atoms with E-state index in [1.807, 2.05) is 0 Å². The van der Waals surface area contributed by atoms with Gasteiger partial charge in [-0.2, -0.15) is 0 Å². The molecule has 0 aromatic heterocycles. The van der Waals surface area contributed by atoms with Crippen LogP contribution in [0, 0.1) is 6.10 Å². The van der Waals surface area contributed by atoms with Gasteiger partial charge < -0.3 is 15.9 Å². The quantitative estimate of drug-likeness (QED) is 0.369. The first-order valence-electron chi connectivity index (χ1n) is 1.60. The number of aliphatic hydroxyl groups excluding tert-OH is 2. The number of rotatable bonds is 1. The Morgan fingerprint density at radius 2 is 2.00 bits per heavy atom. The summed E-state index contributed by atoms with van der Waals surface area (Å²) in [7, 11) is 0. The van der Waals surface area contributed by atoms with E-state index in [0.29, 0.717) is 0 Å². The zero-order chi connectivity index (χ0) is 5.15. The van der Waals surface area contributed by atoms with Gasteiger partial charge in [0.2, 0.25) is 0 Å². The Hall–Kier alpha value is -0.120. The Morgan fingerprint density at radius 3 is 2.00 bits per heavy atom.